The molecule has 24 heavy (non-hydrogen) atoms. The number of hydrogen-bond donors (Lipinski definition) is 1. The highest BCUT2D eigenvalue weighted by molar-refractivity contribution is 9.10. The second-order valence-corrected chi connectivity index (χ2v) is 6.91. The predicted octanol–water partition coefficient (Wildman–Crippen LogP) is 4.47. The predicted molar refractivity (Wildman–Crippen MR) is 98.4 cm³/mol. The summed E-state index contributed by atoms with van der Waals surface area (Å²) in [6.07, 6.45) is 2.00. The summed E-state index contributed by atoms with van der Waals surface area (Å²) in [5, 5.41) is 12.5. The van der Waals surface area contributed by atoms with Crippen molar-refractivity contribution in [3.8, 4) is 11.5 Å². The highest BCUT2D eigenvalue weighted by atomic mass is 79.9. The zero-order valence-electron chi connectivity index (χ0n) is 14.1. The van der Waals surface area contributed by atoms with Crippen LogP contribution >= 0.6 is 27.3 Å². The summed E-state index contributed by atoms with van der Waals surface area (Å²) >= 11 is 4.80. The van der Waals surface area contributed by atoms with Crippen LogP contribution < -0.4 is 14.8 Å². The van der Waals surface area contributed by atoms with Crippen molar-refractivity contribution in [2.45, 2.75) is 32.6 Å². The van der Waals surface area contributed by atoms with Gasteiger partial charge in [0, 0.05) is 11.5 Å². The van der Waals surface area contributed by atoms with Gasteiger partial charge in [-0.25, -0.2) is 0 Å². The Bertz CT molecular complexity index is 691. The van der Waals surface area contributed by atoms with Crippen molar-refractivity contribution in [1.29, 1.82) is 0 Å². The van der Waals surface area contributed by atoms with Gasteiger partial charge in [0.1, 0.15) is 21.0 Å². The zero-order valence-corrected chi connectivity index (χ0v) is 16.5. The fraction of sp³-hybridized carbons (Fsp3) is 0.438. The van der Waals surface area contributed by atoms with Gasteiger partial charge in [0.15, 0.2) is 0 Å². The van der Waals surface area contributed by atoms with E-state index in [1.165, 1.54) is 25.6 Å². The summed E-state index contributed by atoms with van der Waals surface area (Å²) in [5.74, 6) is 1.14. The van der Waals surface area contributed by atoms with Crippen LogP contribution in [0.2, 0.25) is 0 Å². The number of carbonyl (C=O) groups excluding carboxylic acids is 1. The Kier molecular flexibility index (Phi) is 6.56. The lowest BCUT2D eigenvalue weighted by Gasteiger charge is -2.11. The molecule has 0 radical (unpaired) electrons. The number of carbonyl (C=O) groups is 1. The molecule has 1 aromatic carbocycles. The maximum absolute atomic E-state index is 12.5. The third kappa shape index (κ3) is 4.05. The highest BCUT2D eigenvalue weighted by Crippen LogP contribution is 2.36. The Balaban J connectivity index is 2.21. The quantitative estimate of drug-likeness (QED) is 0.724. The van der Waals surface area contributed by atoms with Crippen LogP contribution in [-0.2, 0) is 0 Å². The molecule has 0 aliphatic rings. The summed E-state index contributed by atoms with van der Waals surface area (Å²) < 4.78 is 11.2. The standard InChI is InChI=1S/C16H20BrN3O3S/c1-5-9(6-2)15-19-20-16(24-15)18-14(21)10-7-11(22-3)13(17)12(8-10)23-4/h7-9H,5-6H2,1-4H3,(H,18,20,21). The molecular formula is C16H20BrN3O3S. The summed E-state index contributed by atoms with van der Waals surface area (Å²) in [6, 6.07) is 3.29. The van der Waals surface area contributed by atoms with Crippen LogP contribution in [-0.4, -0.2) is 30.3 Å². The number of nitrogens with one attached hydrogen (secondary N) is 1. The molecule has 0 fully saturated rings. The first-order chi connectivity index (χ1) is 11.5. The summed E-state index contributed by atoms with van der Waals surface area (Å²) in [4.78, 5) is 12.5. The van der Waals surface area contributed by atoms with Gasteiger partial charge in [0.25, 0.3) is 5.91 Å². The molecule has 0 aliphatic heterocycles. The number of amides is 1. The first-order valence-corrected chi connectivity index (χ1v) is 9.21. The smallest absolute Gasteiger partial charge is 0.257 e. The van der Waals surface area contributed by atoms with Crippen molar-refractivity contribution in [3.63, 3.8) is 0 Å². The van der Waals surface area contributed by atoms with Crippen LogP contribution in [0, 0.1) is 0 Å². The lowest BCUT2D eigenvalue weighted by Crippen LogP contribution is -2.12. The fourth-order valence-electron chi connectivity index (χ4n) is 2.26. The molecule has 6 nitrogen and oxygen atoms in total. The van der Waals surface area contributed by atoms with E-state index in [1.54, 1.807) is 12.1 Å². The second-order valence-electron chi connectivity index (χ2n) is 5.11. The third-order valence-corrected chi connectivity index (χ3v) is 5.49. The molecule has 0 atom stereocenters. The first kappa shape index (κ1) is 18.7. The number of rotatable bonds is 7. The number of anilines is 1. The molecule has 8 heteroatoms. The largest absolute Gasteiger partial charge is 0.495 e. The highest BCUT2D eigenvalue weighted by Gasteiger charge is 2.18. The molecule has 0 aliphatic carbocycles. The van der Waals surface area contributed by atoms with Gasteiger partial charge in [-0.05, 0) is 40.9 Å². The van der Waals surface area contributed by atoms with E-state index < -0.39 is 0 Å². The number of halogens is 1. The van der Waals surface area contributed by atoms with Gasteiger partial charge in [0.2, 0.25) is 5.13 Å². The summed E-state index contributed by atoms with van der Waals surface area (Å²) in [7, 11) is 3.07. The lowest BCUT2D eigenvalue weighted by atomic mass is 10.1. The van der Waals surface area contributed by atoms with Crippen LogP contribution in [0.1, 0.15) is 48.0 Å². The molecule has 0 bridgehead atoms. The fourth-order valence-corrected chi connectivity index (χ4v) is 3.82. The molecule has 0 spiro atoms. The summed E-state index contributed by atoms with van der Waals surface area (Å²) in [5.41, 5.74) is 0.422. The van der Waals surface area contributed by atoms with Crippen molar-refractivity contribution >= 4 is 38.3 Å². The Hall–Kier alpha value is -1.67. The Labute approximate surface area is 153 Å². The number of methoxy groups -OCH3 is 2. The molecule has 130 valence electrons. The van der Waals surface area contributed by atoms with Crippen LogP contribution in [0.3, 0.4) is 0 Å². The molecule has 1 N–H and O–H groups in total. The van der Waals surface area contributed by atoms with Gasteiger partial charge < -0.3 is 9.47 Å². The molecular weight excluding hydrogens is 394 g/mol. The van der Waals surface area contributed by atoms with Crippen LogP contribution in [0.15, 0.2) is 16.6 Å². The number of nitrogens with zero attached hydrogens (tertiary/aromatic N) is 2. The van der Waals surface area contributed by atoms with E-state index in [9.17, 15) is 4.79 Å². The molecule has 2 rings (SSSR count). The van der Waals surface area contributed by atoms with E-state index in [2.05, 4.69) is 45.3 Å². The van der Waals surface area contributed by atoms with Crippen LogP contribution in [0.25, 0.3) is 0 Å². The van der Waals surface area contributed by atoms with Crippen molar-refractivity contribution in [2.75, 3.05) is 19.5 Å². The summed E-state index contributed by atoms with van der Waals surface area (Å²) in [6.45, 7) is 4.24. The topological polar surface area (TPSA) is 73.3 Å². The van der Waals surface area contributed by atoms with E-state index in [0.29, 0.717) is 32.6 Å². The van der Waals surface area contributed by atoms with Crippen molar-refractivity contribution in [1.82, 2.24) is 10.2 Å². The Morgan fingerprint density at radius 2 is 1.79 bits per heavy atom. The third-order valence-electron chi connectivity index (χ3n) is 3.70. The van der Waals surface area contributed by atoms with Gasteiger partial charge in [-0.1, -0.05) is 25.2 Å². The van der Waals surface area contributed by atoms with E-state index in [4.69, 9.17) is 9.47 Å². The van der Waals surface area contributed by atoms with Crippen LogP contribution in [0.5, 0.6) is 11.5 Å². The van der Waals surface area contributed by atoms with Crippen molar-refractivity contribution in [2.24, 2.45) is 0 Å². The molecule has 1 aromatic heterocycles. The number of ether oxygens (including phenoxy) is 2. The van der Waals surface area contributed by atoms with E-state index >= 15 is 0 Å². The van der Waals surface area contributed by atoms with Crippen molar-refractivity contribution in [3.05, 3.63) is 27.2 Å². The SMILES string of the molecule is CCC(CC)c1nnc(NC(=O)c2cc(OC)c(Br)c(OC)c2)s1. The Morgan fingerprint density at radius 1 is 1.21 bits per heavy atom. The second kappa shape index (κ2) is 8.43. The lowest BCUT2D eigenvalue weighted by molar-refractivity contribution is 0.102. The maximum Gasteiger partial charge on any atom is 0.257 e. The minimum atomic E-state index is -0.286. The maximum atomic E-state index is 12.5. The average molecular weight is 414 g/mol. The first-order valence-electron chi connectivity index (χ1n) is 7.60. The molecule has 1 amide bonds. The van der Waals surface area contributed by atoms with Gasteiger partial charge in [-0.2, -0.15) is 0 Å². The number of hydrogen-bond acceptors (Lipinski definition) is 6. The van der Waals surface area contributed by atoms with Crippen molar-refractivity contribution < 1.29 is 14.3 Å². The number of benzene rings is 1. The monoisotopic (exact) mass is 413 g/mol. The van der Waals surface area contributed by atoms with E-state index in [-0.39, 0.29) is 5.91 Å². The molecule has 2 aromatic rings. The minimum absolute atomic E-state index is 0.286. The molecule has 0 saturated carbocycles. The molecule has 0 saturated heterocycles. The van der Waals surface area contributed by atoms with Gasteiger partial charge >= 0.3 is 0 Å². The molecule has 1 heterocycles. The van der Waals surface area contributed by atoms with E-state index in [0.717, 1.165) is 17.8 Å². The Morgan fingerprint density at radius 3 is 2.29 bits per heavy atom. The van der Waals surface area contributed by atoms with Gasteiger partial charge in [-0.3, -0.25) is 10.1 Å². The van der Waals surface area contributed by atoms with Gasteiger partial charge in [0.05, 0.1) is 14.2 Å². The normalized spacial score (nSPS) is 10.8. The van der Waals surface area contributed by atoms with Crippen LogP contribution in [0.4, 0.5) is 5.13 Å². The average Bonchev–Trinajstić information content (AvgIpc) is 3.04. The number of aromatic nitrogens is 2. The minimum Gasteiger partial charge on any atom is -0.495 e. The molecule has 0 unspecified atom stereocenters. The zero-order chi connectivity index (χ0) is 17.7. The van der Waals surface area contributed by atoms with E-state index in [1.807, 2.05) is 0 Å². The van der Waals surface area contributed by atoms with Gasteiger partial charge in [-0.15, -0.1) is 10.2 Å².